The average molecular weight is 395 g/mol. The minimum absolute atomic E-state index is 0.166. The van der Waals surface area contributed by atoms with Gasteiger partial charge in [-0.3, -0.25) is 14.7 Å². The third kappa shape index (κ3) is 3.48. The quantitative estimate of drug-likeness (QED) is 0.842. The topological polar surface area (TPSA) is 72.4 Å². The van der Waals surface area contributed by atoms with Crippen molar-refractivity contribution >= 4 is 17.6 Å². The molecule has 0 spiro atoms. The van der Waals surface area contributed by atoms with Crippen LogP contribution in [-0.2, 0) is 12.8 Å². The molecule has 1 aliphatic heterocycles. The van der Waals surface area contributed by atoms with Crippen LogP contribution < -0.4 is 19.5 Å². The van der Waals surface area contributed by atoms with Crippen molar-refractivity contribution in [3.05, 3.63) is 47.0 Å². The normalized spacial score (nSPS) is 15.0. The van der Waals surface area contributed by atoms with E-state index in [1.54, 1.807) is 17.0 Å². The van der Waals surface area contributed by atoms with Crippen LogP contribution in [0.25, 0.3) is 0 Å². The summed E-state index contributed by atoms with van der Waals surface area (Å²) >= 11 is 0. The Morgan fingerprint density at radius 2 is 1.83 bits per heavy atom. The number of carbonyl (C=O) groups is 1. The van der Waals surface area contributed by atoms with Crippen molar-refractivity contribution < 1.29 is 19.0 Å². The van der Waals surface area contributed by atoms with Crippen LogP contribution >= 0.6 is 0 Å². The Bertz CT molecular complexity index is 946. The molecule has 0 atom stereocenters. The van der Waals surface area contributed by atoms with Crippen LogP contribution in [0, 0.1) is 0 Å². The van der Waals surface area contributed by atoms with E-state index in [4.69, 9.17) is 14.2 Å². The highest BCUT2D eigenvalue weighted by Gasteiger charge is 2.28. The van der Waals surface area contributed by atoms with Crippen molar-refractivity contribution in [2.24, 2.45) is 4.99 Å². The fourth-order valence-corrected chi connectivity index (χ4v) is 3.97. The summed E-state index contributed by atoms with van der Waals surface area (Å²) < 4.78 is 16.1. The van der Waals surface area contributed by atoms with Crippen LogP contribution in [0.5, 0.6) is 17.2 Å². The summed E-state index contributed by atoms with van der Waals surface area (Å²) in [7, 11) is 4.60. The molecule has 7 heteroatoms. The fraction of sp³-hybridized carbons (Fsp3) is 0.364. The molecule has 0 aromatic heterocycles. The average Bonchev–Trinajstić information content (AvgIpc) is 3.42. The second kappa shape index (κ2) is 8.03. The second-order valence-corrected chi connectivity index (χ2v) is 7.00. The zero-order valence-corrected chi connectivity index (χ0v) is 16.9. The largest absolute Gasteiger partial charge is 0.493 e. The Labute approximate surface area is 170 Å². The first-order chi connectivity index (χ1) is 14.2. The highest BCUT2D eigenvalue weighted by atomic mass is 16.5. The highest BCUT2D eigenvalue weighted by molar-refractivity contribution is 6.11. The van der Waals surface area contributed by atoms with Crippen LogP contribution in [0.1, 0.15) is 27.9 Å². The predicted octanol–water partition coefficient (Wildman–Crippen LogP) is 3.13. The zero-order valence-electron chi connectivity index (χ0n) is 16.9. The van der Waals surface area contributed by atoms with Crippen molar-refractivity contribution in [1.29, 1.82) is 0 Å². The summed E-state index contributed by atoms with van der Waals surface area (Å²) in [6, 6.07) is 9.60. The maximum Gasteiger partial charge on any atom is 0.260 e. The molecule has 4 rings (SSSR count). The lowest BCUT2D eigenvalue weighted by molar-refractivity contribution is 0.0857. The van der Waals surface area contributed by atoms with Gasteiger partial charge in [0.15, 0.2) is 11.5 Å². The van der Waals surface area contributed by atoms with Gasteiger partial charge in [-0.25, -0.2) is 0 Å². The Hall–Kier alpha value is -3.22. The summed E-state index contributed by atoms with van der Waals surface area (Å²) in [6.07, 6.45) is 3.31. The van der Waals surface area contributed by atoms with Crippen molar-refractivity contribution in [3.8, 4) is 17.2 Å². The van der Waals surface area contributed by atoms with Gasteiger partial charge in [-0.1, -0.05) is 12.1 Å². The number of nitrogens with one attached hydrogen (secondary N) is 1. The molecule has 2 aromatic rings. The summed E-state index contributed by atoms with van der Waals surface area (Å²) in [6.45, 7) is 1.08. The number of amides is 1. The molecule has 2 aromatic carbocycles. The number of fused-ring (bicyclic) bond motifs is 1. The van der Waals surface area contributed by atoms with E-state index in [-0.39, 0.29) is 5.91 Å². The van der Waals surface area contributed by atoms with Gasteiger partial charge in [0.2, 0.25) is 11.7 Å². The summed E-state index contributed by atoms with van der Waals surface area (Å²) in [5.41, 5.74) is 4.18. The number of nitrogens with zero attached hydrogens (tertiary/aromatic N) is 2. The third-order valence-corrected chi connectivity index (χ3v) is 5.39. The first-order valence-electron chi connectivity index (χ1n) is 9.70. The van der Waals surface area contributed by atoms with E-state index in [1.165, 1.54) is 32.5 Å². The summed E-state index contributed by atoms with van der Waals surface area (Å²) in [5, 5.41) is 3.39. The zero-order chi connectivity index (χ0) is 20.4. The van der Waals surface area contributed by atoms with Crippen LogP contribution in [0.15, 0.2) is 35.3 Å². The fourth-order valence-electron chi connectivity index (χ4n) is 3.97. The number of guanidine groups is 1. The van der Waals surface area contributed by atoms with Gasteiger partial charge < -0.3 is 19.5 Å². The molecular weight excluding hydrogens is 370 g/mol. The van der Waals surface area contributed by atoms with E-state index in [2.05, 4.69) is 16.4 Å². The van der Waals surface area contributed by atoms with Crippen molar-refractivity contribution in [2.75, 3.05) is 39.7 Å². The SMILES string of the molecule is COc1cc(C(=O)N2CCN=C2Nc2cccc3c2CCC3)cc(OC)c1OC. The minimum atomic E-state index is -0.166. The van der Waals surface area contributed by atoms with E-state index >= 15 is 0 Å². The Balaban J connectivity index is 1.61. The lowest BCUT2D eigenvalue weighted by Gasteiger charge is -2.21. The smallest absolute Gasteiger partial charge is 0.260 e. The van der Waals surface area contributed by atoms with Gasteiger partial charge >= 0.3 is 0 Å². The molecule has 2 aliphatic rings. The molecule has 152 valence electrons. The lowest BCUT2D eigenvalue weighted by Crippen LogP contribution is -2.38. The number of carbonyl (C=O) groups excluding carboxylic acids is 1. The van der Waals surface area contributed by atoms with Crippen LogP contribution in [0.2, 0.25) is 0 Å². The number of aryl methyl sites for hydroxylation is 1. The first kappa shape index (κ1) is 19.1. The van der Waals surface area contributed by atoms with Gasteiger partial charge in [-0.05, 0) is 48.6 Å². The number of methoxy groups -OCH3 is 3. The number of hydrogen-bond donors (Lipinski definition) is 1. The number of rotatable bonds is 5. The van der Waals surface area contributed by atoms with Gasteiger partial charge in [-0.2, -0.15) is 0 Å². The van der Waals surface area contributed by atoms with Gasteiger partial charge in [0, 0.05) is 17.8 Å². The van der Waals surface area contributed by atoms with Crippen LogP contribution in [0.4, 0.5) is 5.69 Å². The maximum absolute atomic E-state index is 13.3. The number of hydrogen-bond acceptors (Lipinski definition) is 6. The van der Waals surface area contributed by atoms with Crippen LogP contribution in [-0.4, -0.2) is 51.2 Å². The highest BCUT2D eigenvalue weighted by Crippen LogP contribution is 2.38. The third-order valence-electron chi connectivity index (χ3n) is 5.39. The van der Waals surface area contributed by atoms with E-state index in [0.717, 1.165) is 24.9 Å². The maximum atomic E-state index is 13.3. The van der Waals surface area contributed by atoms with Crippen molar-refractivity contribution in [1.82, 2.24) is 4.90 Å². The Kier molecular flexibility index (Phi) is 5.29. The summed E-state index contributed by atoms with van der Waals surface area (Å²) in [4.78, 5) is 19.5. The van der Waals surface area contributed by atoms with Crippen molar-refractivity contribution in [2.45, 2.75) is 19.3 Å². The Morgan fingerprint density at radius 3 is 2.52 bits per heavy atom. The number of aliphatic imine (C=N–C) groups is 1. The molecule has 7 nitrogen and oxygen atoms in total. The van der Waals surface area contributed by atoms with E-state index in [1.807, 2.05) is 12.1 Å². The number of benzene rings is 2. The molecule has 1 amide bonds. The van der Waals surface area contributed by atoms with E-state index in [0.29, 0.717) is 41.9 Å². The molecule has 0 saturated carbocycles. The molecule has 1 heterocycles. The van der Waals surface area contributed by atoms with Crippen molar-refractivity contribution in [3.63, 3.8) is 0 Å². The molecule has 0 saturated heterocycles. The second-order valence-electron chi connectivity index (χ2n) is 7.00. The predicted molar refractivity (Wildman–Crippen MR) is 112 cm³/mol. The van der Waals surface area contributed by atoms with E-state index in [9.17, 15) is 4.79 Å². The first-order valence-corrected chi connectivity index (χ1v) is 9.70. The molecular formula is C22H25N3O4. The molecule has 0 fully saturated rings. The molecule has 0 unspecified atom stereocenters. The summed E-state index contributed by atoms with van der Waals surface area (Å²) in [5.74, 6) is 1.76. The monoisotopic (exact) mass is 395 g/mol. The lowest BCUT2D eigenvalue weighted by atomic mass is 10.1. The Morgan fingerprint density at radius 1 is 1.07 bits per heavy atom. The minimum Gasteiger partial charge on any atom is -0.493 e. The van der Waals surface area contributed by atoms with Gasteiger partial charge in [0.05, 0.1) is 27.9 Å². The van der Waals surface area contributed by atoms with Gasteiger partial charge in [0.25, 0.3) is 5.91 Å². The molecule has 0 radical (unpaired) electrons. The number of anilines is 1. The molecule has 1 N–H and O–H groups in total. The van der Waals surface area contributed by atoms with Gasteiger partial charge in [0.1, 0.15) is 0 Å². The molecule has 29 heavy (non-hydrogen) atoms. The molecule has 1 aliphatic carbocycles. The van der Waals surface area contributed by atoms with E-state index < -0.39 is 0 Å². The standard InChI is InChI=1S/C22H25N3O4/c1-27-18-12-15(13-19(28-2)20(18)29-3)21(26)25-11-10-23-22(25)24-17-9-5-7-14-6-4-8-16(14)17/h5,7,9,12-13H,4,6,8,10-11H2,1-3H3,(H,23,24). The number of ether oxygens (including phenoxy) is 3. The van der Waals surface area contributed by atoms with Gasteiger partial charge in [-0.15, -0.1) is 0 Å². The molecule has 0 bridgehead atoms. The van der Waals surface area contributed by atoms with Crippen LogP contribution in [0.3, 0.4) is 0 Å².